The Balaban J connectivity index is 2.15. The monoisotopic (exact) mass is 296 g/mol. The van der Waals surface area contributed by atoms with Crippen molar-refractivity contribution in [3.63, 3.8) is 0 Å². The predicted molar refractivity (Wildman–Crippen MR) is 85.1 cm³/mol. The van der Waals surface area contributed by atoms with Crippen molar-refractivity contribution < 1.29 is 9.53 Å². The molecule has 0 spiro atoms. The molecule has 0 atom stereocenters. The predicted octanol–water partition coefficient (Wildman–Crippen LogP) is 3.73. The zero-order valence-electron chi connectivity index (χ0n) is 14.0. The molecule has 0 aromatic rings. The standard InChI is InChI=1S/C17H32N2O2/c1-15(2,3)21-14(20)19-17(10-5-4-6-11-17)16(12-13-18)8-7-9-16/h4-13,18H2,1-3H3,(H,19,20). The topological polar surface area (TPSA) is 64.3 Å². The molecule has 0 radical (unpaired) electrons. The van der Waals surface area contributed by atoms with Crippen LogP contribution < -0.4 is 11.1 Å². The van der Waals surface area contributed by atoms with Gasteiger partial charge < -0.3 is 15.8 Å². The number of hydrogen-bond acceptors (Lipinski definition) is 3. The van der Waals surface area contributed by atoms with E-state index in [-0.39, 0.29) is 17.0 Å². The number of alkyl carbamates (subject to hydrolysis) is 1. The molecule has 3 N–H and O–H groups in total. The lowest BCUT2D eigenvalue weighted by atomic mass is 9.52. The fraction of sp³-hybridized carbons (Fsp3) is 0.941. The molecule has 0 bridgehead atoms. The van der Waals surface area contributed by atoms with Crippen LogP contribution in [0, 0.1) is 5.41 Å². The van der Waals surface area contributed by atoms with Crippen molar-refractivity contribution >= 4 is 6.09 Å². The summed E-state index contributed by atoms with van der Waals surface area (Å²) in [6.07, 6.45) is 10.2. The van der Waals surface area contributed by atoms with Crippen LogP contribution in [0.1, 0.15) is 78.6 Å². The molecular formula is C17H32N2O2. The zero-order chi connectivity index (χ0) is 15.6. The van der Waals surface area contributed by atoms with Crippen molar-refractivity contribution in [2.75, 3.05) is 6.54 Å². The molecule has 4 heteroatoms. The van der Waals surface area contributed by atoms with E-state index in [9.17, 15) is 4.79 Å². The molecule has 2 saturated carbocycles. The van der Waals surface area contributed by atoms with Crippen LogP contribution in [-0.2, 0) is 4.74 Å². The summed E-state index contributed by atoms with van der Waals surface area (Å²) in [5.41, 5.74) is 5.55. The number of amides is 1. The Morgan fingerprint density at radius 2 is 1.71 bits per heavy atom. The summed E-state index contributed by atoms with van der Waals surface area (Å²) in [5, 5.41) is 3.30. The van der Waals surface area contributed by atoms with Crippen LogP contribution in [0.2, 0.25) is 0 Å². The van der Waals surface area contributed by atoms with Gasteiger partial charge in [0.25, 0.3) is 0 Å². The van der Waals surface area contributed by atoms with Crippen molar-refractivity contribution in [3.05, 3.63) is 0 Å². The molecule has 2 aliphatic carbocycles. The average Bonchev–Trinajstić information content (AvgIpc) is 2.32. The second-order valence-corrected chi connectivity index (χ2v) is 7.94. The second-order valence-electron chi connectivity index (χ2n) is 7.94. The Labute approximate surface area is 129 Å². The lowest BCUT2D eigenvalue weighted by Crippen LogP contribution is -2.64. The fourth-order valence-electron chi connectivity index (χ4n) is 4.29. The average molecular weight is 296 g/mol. The third-order valence-corrected chi connectivity index (χ3v) is 5.40. The van der Waals surface area contributed by atoms with E-state index in [1.165, 1.54) is 38.5 Å². The number of ether oxygens (including phenoxy) is 1. The molecule has 1 amide bonds. The van der Waals surface area contributed by atoms with Gasteiger partial charge in [-0.05, 0) is 64.8 Å². The maximum atomic E-state index is 12.4. The van der Waals surface area contributed by atoms with Crippen molar-refractivity contribution in [1.82, 2.24) is 5.32 Å². The first-order chi connectivity index (χ1) is 9.83. The molecular weight excluding hydrogens is 264 g/mol. The number of nitrogens with two attached hydrogens (primary N) is 1. The zero-order valence-corrected chi connectivity index (χ0v) is 14.0. The Bertz CT molecular complexity index is 363. The summed E-state index contributed by atoms with van der Waals surface area (Å²) in [5.74, 6) is 0. The number of nitrogens with one attached hydrogen (secondary N) is 1. The Morgan fingerprint density at radius 1 is 1.10 bits per heavy atom. The molecule has 2 rings (SSSR count). The Morgan fingerprint density at radius 3 is 2.14 bits per heavy atom. The van der Waals surface area contributed by atoms with Gasteiger partial charge in [0.05, 0.1) is 0 Å². The second kappa shape index (κ2) is 6.15. The van der Waals surface area contributed by atoms with Crippen LogP contribution in [0.3, 0.4) is 0 Å². The van der Waals surface area contributed by atoms with Crippen molar-refractivity contribution in [2.45, 2.75) is 89.7 Å². The van der Waals surface area contributed by atoms with Gasteiger partial charge in [0.2, 0.25) is 0 Å². The minimum Gasteiger partial charge on any atom is -0.444 e. The summed E-state index contributed by atoms with van der Waals surface area (Å²) in [6, 6.07) is 0. The van der Waals surface area contributed by atoms with E-state index in [1.54, 1.807) is 0 Å². The highest BCUT2D eigenvalue weighted by Gasteiger charge is 2.55. The lowest BCUT2D eigenvalue weighted by Gasteiger charge is -2.58. The summed E-state index contributed by atoms with van der Waals surface area (Å²) in [7, 11) is 0. The van der Waals surface area contributed by atoms with Crippen molar-refractivity contribution in [2.24, 2.45) is 11.1 Å². The SMILES string of the molecule is CC(C)(C)OC(=O)NC1(C2(CCN)CCC2)CCCCC1. The maximum absolute atomic E-state index is 12.4. The van der Waals surface area contributed by atoms with Gasteiger partial charge in [-0.1, -0.05) is 25.7 Å². The van der Waals surface area contributed by atoms with Gasteiger partial charge in [0.15, 0.2) is 0 Å². The van der Waals surface area contributed by atoms with Gasteiger partial charge in [0, 0.05) is 5.54 Å². The Kier molecular flexibility index (Phi) is 4.86. The molecule has 0 saturated heterocycles. The normalized spacial score (nSPS) is 24.0. The summed E-state index contributed by atoms with van der Waals surface area (Å²) in [4.78, 5) is 12.4. The molecule has 2 fully saturated rings. The minimum atomic E-state index is -0.444. The van der Waals surface area contributed by atoms with Crippen LogP contribution in [0.25, 0.3) is 0 Å². The van der Waals surface area contributed by atoms with Gasteiger partial charge >= 0.3 is 6.09 Å². The third-order valence-electron chi connectivity index (χ3n) is 5.40. The van der Waals surface area contributed by atoms with Crippen LogP contribution in [-0.4, -0.2) is 23.8 Å². The summed E-state index contributed by atoms with van der Waals surface area (Å²) >= 11 is 0. The van der Waals surface area contributed by atoms with Crippen LogP contribution >= 0.6 is 0 Å². The first-order valence-corrected chi connectivity index (χ1v) is 8.54. The van der Waals surface area contributed by atoms with E-state index in [0.29, 0.717) is 6.54 Å². The highest BCUT2D eigenvalue weighted by molar-refractivity contribution is 5.69. The van der Waals surface area contributed by atoms with Crippen molar-refractivity contribution in [1.29, 1.82) is 0 Å². The highest BCUT2D eigenvalue weighted by atomic mass is 16.6. The molecule has 122 valence electrons. The van der Waals surface area contributed by atoms with Gasteiger partial charge in [-0.25, -0.2) is 4.79 Å². The van der Waals surface area contributed by atoms with E-state index in [2.05, 4.69) is 5.32 Å². The van der Waals surface area contributed by atoms with Gasteiger partial charge in [-0.15, -0.1) is 0 Å². The minimum absolute atomic E-state index is 0.0921. The number of carbonyl (C=O) groups excluding carboxylic acids is 1. The van der Waals surface area contributed by atoms with Crippen LogP contribution in [0.5, 0.6) is 0 Å². The molecule has 21 heavy (non-hydrogen) atoms. The number of carbonyl (C=O) groups is 1. The molecule has 4 nitrogen and oxygen atoms in total. The van der Waals surface area contributed by atoms with Crippen LogP contribution in [0.15, 0.2) is 0 Å². The number of hydrogen-bond donors (Lipinski definition) is 2. The van der Waals surface area contributed by atoms with E-state index >= 15 is 0 Å². The van der Waals surface area contributed by atoms with Gasteiger partial charge in [-0.2, -0.15) is 0 Å². The first kappa shape index (κ1) is 16.6. The number of rotatable bonds is 4. The van der Waals surface area contributed by atoms with Crippen molar-refractivity contribution in [3.8, 4) is 0 Å². The summed E-state index contributed by atoms with van der Waals surface area (Å²) < 4.78 is 5.53. The first-order valence-electron chi connectivity index (χ1n) is 8.54. The third kappa shape index (κ3) is 3.53. The molecule has 0 aromatic heterocycles. The van der Waals surface area contributed by atoms with E-state index in [0.717, 1.165) is 19.3 Å². The maximum Gasteiger partial charge on any atom is 0.408 e. The fourth-order valence-corrected chi connectivity index (χ4v) is 4.29. The van der Waals surface area contributed by atoms with E-state index in [1.807, 2.05) is 20.8 Å². The largest absolute Gasteiger partial charge is 0.444 e. The quantitative estimate of drug-likeness (QED) is 0.830. The molecule has 0 aromatic carbocycles. The lowest BCUT2D eigenvalue weighted by molar-refractivity contribution is -0.0380. The van der Waals surface area contributed by atoms with E-state index < -0.39 is 5.60 Å². The van der Waals surface area contributed by atoms with Crippen LogP contribution in [0.4, 0.5) is 4.79 Å². The smallest absolute Gasteiger partial charge is 0.408 e. The van der Waals surface area contributed by atoms with E-state index in [4.69, 9.17) is 10.5 Å². The highest BCUT2D eigenvalue weighted by Crippen LogP contribution is 2.56. The Hall–Kier alpha value is -0.770. The molecule has 0 unspecified atom stereocenters. The van der Waals surface area contributed by atoms with Gasteiger partial charge in [0.1, 0.15) is 5.60 Å². The molecule has 0 aliphatic heterocycles. The molecule has 2 aliphatic rings. The molecule has 0 heterocycles. The summed E-state index contributed by atoms with van der Waals surface area (Å²) in [6.45, 7) is 6.45. The van der Waals surface area contributed by atoms with Gasteiger partial charge in [-0.3, -0.25) is 0 Å².